The number of nitrogens with zero attached hydrogens (tertiary/aromatic N) is 4. The Morgan fingerprint density at radius 2 is 1.79 bits per heavy atom. The number of hydrogen-bond donors (Lipinski definition) is 2. The molecule has 0 saturated heterocycles. The molecular formula is C25H24ClN5O3. The van der Waals surface area contributed by atoms with E-state index < -0.39 is 5.97 Å². The highest BCUT2D eigenvalue weighted by Crippen LogP contribution is 2.32. The van der Waals surface area contributed by atoms with Crippen molar-refractivity contribution in [3.8, 4) is 28.3 Å². The van der Waals surface area contributed by atoms with Gasteiger partial charge in [-0.2, -0.15) is 5.21 Å². The van der Waals surface area contributed by atoms with Crippen LogP contribution < -0.4 is 4.74 Å². The van der Waals surface area contributed by atoms with Crippen LogP contribution in [0.25, 0.3) is 22.5 Å². The molecule has 0 aliphatic heterocycles. The lowest BCUT2D eigenvalue weighted by molar-refractivity contribution is 0.0690. The summed E-state index contributed by atoms with van der Waals surface area (Å²) in [6.07, 6.45) is 2.19. The van der Waals surface area contributed by atoms with Gasteiger partial charge in [-0.25, -0.2) is 4.79 Å². The standard InChI is InChI=1S/C25H23N5O3.ClH/c1-4-7-19-15(2)26-16(3)22(25(31)32)23(19)33-14-17-10-12-18(13-11-17)20-8-5-6-9-21(20)24-27-29-30-28-24;/h4-6,8-13H,1,7,14H2,2-3H3,(H,31,32)(H,27,28,29,30);1H. The van der Waals surface area contributed by atoms with E-state index in [0.29, 0.717) is 23.7 Å². The molecule has 0 fully saturated rings. The van der Waals surface area contributed by atoms with Gasteiger partial charge in [0, 0.05) is 16.8 Å². The number of hydrogen-bond acceptors (Lipinski definition) is 6. The minimum atomic E-state index is -1.06. The Balaban J connectivity index is 0.00000324. The van der Waals surface area contributed by atoms with Crippen molar-refractivity contribution in [3.63, 3.8) is 0 Å². The first-order valence-electron chi connectivity index (χ1n) is 10.4. The highest BCUT2D eigenvalue weighted by Gasteiger charge is 2.22. The maximum atomic E-state index is 11.9. The molecule has 2 aromatic carbocycles. The first kappa shape index (κ1) is 24.6. The highest BCUT2D eigenvalue weighted by molar-refractivity contribution is 5.92. The fraction of sp³-hybridized carbons (Fsp3) is 0.160. The molecule has 4 rings (SSSR count). The van der Waals surface area contributed by atoms with E-state index in [-0.39, 0.29) is 24.6 Å². The van der Waals surface area contributed by atoms with E-state index in [2.05, 4.69) is 32.2 Å². The van der Waals surface area contributed by atoms with Gasteiger partial charge in [0.2, 0.25) is 5.82 Å². The van der Waals surface area contributed by atoms with E-state index >= 15 is 0 Å². The number of halogens is 1. The number of carboxylic acids is 1. The zero-order valence-corrected chi connectivity index (χ0v) is 19.6. The highest BCUT2D eigenvalue weighted by atomic mass is 35.5. The van der Waals surface area contributed by atoms with Gasteiger partial charge in [0.25, 0.3) is 0 Å². The largest absolute Gasteiger partial charge is 0.488 e. The summed E-state index contributed by atoms with van der Waals surface area (Å²) in [5, 5.41) is 24.0. The average molecular weight is 478 g/mol. The predicted molar refractivity (Wildman–Crippen MR) is 131 cm³/mol. The predicted octanol–water partition coefficient (Wildman–Crippen LogP) is 4.97. The summed E-state index contributed by atoms with van der Waals surface area (Å²) >= 11 is 0. The molecule has 2 heterocycles. The number of tetrazole rings is 1. The number of carboxylic acid groups (broad SMARTS) is 1. The number of rotatable bonds is 8. The van der Waals surface area contributed by atoms with Gasteiger partial charge in [-0.15, -0.1) is 29.2 Å². The zero-order chi connectivity index (χ0) is 23.4. The number of benzene rings is 2. The molecule has 0 radical (unpaired) electrons. The van der Waals surface area contributed by atoms with Gasteiger partial charge in [0.1, 0.15) is 17.9 Å². The van der Waals surface area contributed by atoms with E-state index in [4.69, 9.17) is 4.74 Å². The van der Waals surface area contributed by atoms with Gasteiger partial charge < -0.3 is 9.84 Å². The molecule has 0 atom stereocenters. The normalized spacial score (nSPS) is 10.4. The van der Waals surface area contributed by atoms with Crippen molar-refractivity contribution >= 4 is 18.4 Å². The number of ether oxygens (including phenoxy) is 1. The second kappa shape index (κ2) is 10.7. The van der Waals surface area contributed by atoms with Crippen molar-refractivity contribution < 1.29 is 14.6 Å². The Kier molecular flexibility index (Phi) is 7.75. The van der Waals surface area contributed by atoms with Gasteiger partial charge in [-0.3, -0.25) is 4.98 Å². The van der Waals surface area contributed by atoms with E-state index in [0.717, 1.165) is 33.5 Å². The zero-order valence-electron chi connectivity index (χ0n) is 18.8. The minimum Gasteiger partial charge on any atom is -0.488 e. The quantitative estimate of drug-likeness (QED) is 0.344. The van der Waals surface area contributed by atoms with Crippen molar-refractivity contribution in [2.45, 2.75) is 26.9 Å². The molecule has 0 spiro atoms. The number of aryl methyl sites for hydroxylation is 2. The van der Waals surface area contributed by atoms with Gasteiger partial charge in [0.05, 0.1) is 5.69 Å². The second-order valence-electron chi connectivity index (χ2n) is 7.53. The Bertz CT molecular complexity index is 1310. The third-order valence-electron chi connectivity index (χ3n) is 5.36. The van der Waals surface area contributed by atoms with E-state index in [1.54, 1.807) is 13.0 Å². The van der Waals surface area contributed by atoms with Crippen LogP contribution in [0, 0.1) is 13.8 Å². The lowest BCUT2D eigenvalue weighted by atomic mass is 9.98. The molecule has 0 unspecified atom stereocenters. The SMILES string of the molecule is C=CCc1c(C)nc(C)c(C(=O)O)c1OCc1ccc(-c2ccccc2-c2nn[nH]n2)cc1.Cl. The lowest BCUT2D eigenvalue weighted by Gasteiger charge is -2.17. The lowest BCUT2D eigenvalue weighted by Crippen LogP contribution is -2.11. The summed E-state index contributed by atoms with van der Waals surface area (Å²) in [6, 6.07) is 15.7. The first-order valence-corrected chi connectivity index (χ1v) is 10.4. The first-order chi connectivity index (χ1) is 16.0. The van der Waals surface area contributed by atoms with E-state index in [1.807, 2.05) is 55.5 Å². The number of H-pyrrole nitrogens is 1. The number of aromatic amines is 1. The summed E-state index contributed by atoms with van der Waals surface area (Å²) in [4.78, 5) is 16.3. The van der Waals surface area contributed by atoms with Crippen LogP contribution in [0.4, 0.5) is 0 Å². The molecule has 0 saturated carbocycles. The van der Waals surface area contributed by atoms with Crippen LogP contribution in [-0.2, 0) is 13.0 Å². The Hall–Kier alpha value is -4.04. The summed E-state index contributed by atoms with van der Waals surface area (Å²) in [5.74, 6) is -0.190. The molecular weight excluding hydrogens is 454 g/mol. The van der Waals surface area contributed by atoms with Crippen molar-refractivity contribution in [1.82, 2.24) is 25.6 Å². The molecule has 0 amide bonds. The van der Waals surface area contributed by atoms with Crippen LogP contribution in [0.15, 0.2) is 61.2 Å². The molecule has 0 bridgehead atoms. The fourth-order valence-corrected chi connectivity index (χ4v) is 3.79. The molecule has 2 N–H and O–H groups in total. The van der Waals surface area contributed by atoms with E-state index in [9.17, 15) is 9.90 Å². The molecule has 174 valence electrons. The summed E-state index contributed by atoms with van der Waals surface area (Å²) in [5.41, 5.74) is 5.74. The van der Waals surface area contributed by atoms with Crippen molar-refractivity contribution in [2.75, 3.05) is 0 Å². The molecule has 9 heteroatoms. The average Bonchev–Trinajstić information content (AvgIpc) is 3.34. The van der Waals surface area contributed by atoms with E-state index in [1.165, 1.54) is 0 Å². The third kappa shape index (κ3) is 4.97. The van der Waals surface area contributed by atoms with Gasteiger partial charge in [0.15, 0.2) is 0 Å². The molecule has 0 aliphatic rings. The van der Waals surface area contributed by atoms with Gasteiger partial charge >= 0.3 is 5.97 Å². The number of carbonyl (C=O) groups is 1. The number of pyridine rings is 1. The van der Waals surface area contributed by atoms with Crippen molar-refractivity contribution in [2.24, 2.45) is 0 Å². The van der Waals surface area contributed by atoms with Crippen molar-refractivity contribution in [1.29, 1.82) is 0 Å². The Morgan fingerprint density at radius 3 is 2.41 bits per heavy atom. The second-order valence-corrected chi connectivity index (χ2v) is 7.53. The maximum absolute atomic E-state index is 11.9. The number of aromatic nitrogens is 5. The minimum absolute atomic E-state index is 0. The molecule has 8 nitrogen and oxygen atoms in total. The smallest absolute Gasteiger partial charge is 0.341 e. The number of aromatic carboxylic acids is 1. The third-order valence-corrected chi connectivity index (χ3v) is 5.36. The number of nitrogens with one attached hydrogen (secondary N) is 1. The van der Waals surface area contributed by atoms with Gasteiger partial charge in [-0.1, -0.05) is 54.6 Å². The topological polar surface area (TPSA) is 114 Å². The molecule has 34 heavy (non-hydrogen) atoms. The van der Waals surface area contributed by atoms with Gasteiger partial charge in [-0.05, 0) is 42.2 Å². The van der Waals surface area contributed by atoms with Crippen LogP contribution in [0.3, 0.4) is 0 Å². The van der Waals surface area contributed by atoms with Crippen LogP contribution in [0.1, 0.15) is 32.9 Å². The summed E-state index contributed by atoms with van der Waals surface area (Å²) in [6.45, 7) is 7.52. The number of allylic oxidation sites excluding steroid dienone is 1. The van der Waals surface area contributed by atoms with Crippen molar-refractivity contribution in [3.05, 3.63) is 89.3 Å². The maximum Gasteiger partial charge on any atom is 0.341 e. The fourth-order valence-electron chi connectivity index (χ4n) is 3.79. The molecule has 0 aliphatic carbocycles. The molecule has 4 aromatic rings. The summed E-state index contributed by atoms with van der Waals surface area (Å²) in [7, 11) is 0. The van der Waals surface area contributed by atoms with Crippen LogP contribution >= 0.6 is 12.4 Å². The van der Waals surface area contributed by atoms with Crippen LogP contribution in [0.5, 0.6) is 5.75 Å². The summed E-state index contributed by atoms with van der Waals surface area (Å²) < 4.78 is 6.06. The van der Waals surface area contributed by atoms with Crippen LogP contribution in [-0.4, -0.2) is 36.7 Å². The monoisotopic (exact) mass is 477 g/mol. The molecule has 2 aromatic heterocycles. The van der Waals surface area contributed by atoms with Crippen LogP contribution in [0.2, 0.25) is 0 Å². The Morgan fingerprint density at radius 1 is 1.09 bits per heavy atom. The Labute approximate surface area is 203 Å².